The summed E-state index contributed by atoms with van der Waals surface area (Å²) in [6.07, 6.45) is 4.93. The number of amides is 1. The molecule has 0 saturated carbocycles. The van der Waals surface area contributed by atoms with E-state index < -0.39 is 0 Å². The minimum atomic E-state index is 0.0379. The quantitative estimate of drug-likeness (QED) is 0.787. The number of benzene rings is 1. The summed E-state index contributed by atoms with van der Waals surface area (Å²) in [5.74, 6) is 0.778. The van der Waals surface area contributed by atoms with E-state index in [1.165, 1.54) is 25.7 Å². The van der Waals surface area contributed by atoms with Crippen molar-refractivity contribution < 1.29 is 14.3 Å². The lowest BCUT2D eigenvalue weighted by Gasteiger charge is -2.19. The second-order valence-electron chi connectivity index (χ2n) is 5.61. The zero-order chi connectivity index (χ0) is 15.6. The van der Waals surface area contributed by atoms with E-state index in [9.17, 15) is 4.79 Å². The Kier molecular flexibility index (Phi) is 7.19. The fourth-order valence-corrected chi connectivity index (χ4v) is 2.60. The third kappa shape index (κ3) is 6.03. The number of rotatable bonds is 7. The topological polar surface area (TPSA) is 50.8 Å². The van der Waals surface area contributed by atoms with Crippen LogP contribution in [0.4, 0.5) is 5.69 Å². The molecule has 1 saturated heterocycles. The maximum atomic E-state index is 12.2. The normalized spacial score (nSPS) is 16.0. The number of carbonyl (C=O) groups is 1. The fraction of sp³-hybridized carbons (Fsp3) is 0.588. The summed E-state index contributed by atoms with van der Waals surface area (Å²) < 4.78 is 10.5. The van der Waals surface area contributed by atoms with Crippen LogP contribution in [0.1, 0.15) is 25.7 Å². The highest BCUT2D eigenvalue weighted by Crippen LogP contribution is 2.17. The fourth-order valence-electron chi connectivity index (χ4n) is 2.60. The first kappa shape index (κ1) is 16.8. The van der Waals surface area contributed by atoms with E-state index in [0.717, 1.165) is 24.5 Å². The molecule has 122 valence electrons. The SMILES string of the molecule is COCCOc1cccc(NC(=O)CN2CCCCCC2)c1. The Morgan fingerprint density at radius 3 is 2.68 bits per heavy atom. The summed E-state index contributed by atoms with van der Waals surface area (Å²) in [5, 5.41) is 2.95. The molecular weight excluding hydrogens is 280 g/mol. The molecule has 1 amide bonds. The molecular formula is C17H26N2O3. The Bertz CT molecular complexity index is 457. The number of ether oxygens (including phenoxy) is 2. The first-order chi connectivity index (χ1) is 10.8. The molecule has 1 aliphatic heterocycles. The highest BCUT2D eigenvalue weighted by Gasteiger charge is 2.13. The third-order valence-electron chi connectivity index (χ3n) is 3.74. The summed E-state index contributed by atoms with van der Waals surface area (Å²) >= 11 is 0. The lowest BCUT2D eigenvalue weighted by atomic mass is 10.2. The lowest BCUT2D eigenvalue weighted by Crippen LogP contribution is -2.33. The highest BCUT2D eigenvalue weighted by molar-refractivity contribution is 5.92. The van der Waals surface area contributed by atoms with Crippen molar-refractivity contribution in [3.8, 4) is 5.75 Å². The van der Waals surface area contributed by atoms with E-state index in [2.05, 4.69) is 10.2 Å². The molecule has 0 spiro atoms. The van der Waals surface area contributed by atoms with Crippen LogP contribution >= 0.6 is 0 Å². The predicted molar refractivity (Wildman–Crippen MR) is 87.4 cm³/mol. The van der Waals surface area contributed by atoms with Crippen LogP contribution in [0.15, 0.2) is 24.3 Å². The summed E-state index contributed by atoms with van der Waals surface area (Å²) in [4.78, 5) is 14.4. The minimum absolute atomic E-state index is 0.0379. The van der Waals surface area contributed by atoms with Gasteiger partial charge in [-0.2, -0.15) is 0 Å². The Morgan fingerprint density at radius 1 is 1.18 bits per heavy atom. The van der Waals surface area contributed by atoms with Crippen molar-refractivity contribution in [1.29, 1.82) is 0 Å². The van der Waals surface area contributed by atoms with Gasteiger partial charge in [-0.1, -0.05) is 18.9 Å². The van der Waals surface area contributed by atoms with Gasteiger partial charge in [-0.25, -0.2) is 0 Å². The largest absolute Gasteiger partial charge is 0.491 e. The average molecular weight is 306 g/mol. The van der Waals surface area contributed by atoms with Crippen LogP contribution in [-0.2, 0) is 9.53 Å². The van der Waals surface area contributed by atoms with Crippen LogP contribution in [0.25, 0.3) is 0 Å². The predicted octanol–water partition coefficient (Wildman–Crippen LogP) is 2.53. The molecule has 0 bridgehead atoms. The number of nitrogens with one attached hydrogen (secondary N) is 1. The number of methoxy groups -OCH3 is 1. The summed E-state index contributed by atoms with van der Waals surface area (Å²) in [7, 11) is 1.64. The molecule has 1 aromatic rings. The van der Waals surface area contributed by atoms with E-state index >= 15 is 0 Å². The van der Waals surface area contributed by atoms with E-state index in [4.69, 9.17) is 9.47 Å². The van der Waals surface area contributed by atoms with Gasteiger partial charge in [0, 0.05) is 18.9 Å². The van der Waals surface area contributed by atoms with Crippen molar-refractivity contribution in [3.63, 3.8) is 0 Å². The summed E-state index contributed by atoms with van der Waals surface area (Å²) in [6, 6.07) is 7.48. The number of carbonyl (C=O) groups excluding carboxylic acids is 1. The van der Waals surface area contributed by atoms with Crippen molar-refractivity contribution in [2.24, 2.45) is 0 Å². The summed E-state index contributed by atoms with van der Waals surface area (Å²) in [6.45, 7) is 3.56. The van der Waals surface area contributed by atoms with Gasteiger partial charge < -0.3 is 14.8 Å². The van der Waals surface area contributed by atoms with Gasteiger partial charge in [0.25, 0.3) is 0 Å². The van der Waals surface area contributed by atoms with Crippen molar-refractivity contribution in [3.05, 3.63) is 24.3 Å². The molecule has 5 heteroatoms. The van der Waals surface area contributed by atoms with Crippen LogP contribution in [0.2, 0.25) is 0 Å². The van der Waals surface area contributed by atoms with Gasteiger partial charge in [0.15, 0.2) is 0 Å². The van der Waals surface area contributed by atoms with Gasteiger partial charge in [-0.15, -0.1) is 0 Å². The average Bonchev–Trinajstić information content (AvgIpc) is 2.76. The molecule has 0 unspecified atom stereocenters. The highest BCUT2D eigenvalue weighted by atomic mass is 16.5. The zero-order valence-electron chi connectivity index (χ0n) is 13.3. The molecule has 1 N–H and O–H groups in total. The lowest BCUT2D eigenvalue weighted by molar-refractivity contribution is -0.117. The van der Waals surface area contributed by atoms with Gasteiger partial charge in [0.1, 0.15) is 12.4 Å². The van der Waals surface area contributed by atoms with E-state index in [0.29, 0.717) is 19.8 Å². The van der Waals surface area contributed by atoms with Gasteiger partial charge in [-0.05, 0) is 38.1 Å². The Morgan fingerprint density at radius 2 is 1.95 bits per heavy atom. The van der Waals surface area contributed by atoms with Gasteiger partial charge in [0.05, 0.1) is 13.2 Å². The molecule has 1 fully saturated rings. The molecule has 5 nitrogen and oxygen atoms in total. The van der Waals surface area contributed by atoms with E-state index in [1.54, 1.807) is 7.11 Å². The number of nitrogens with zero attached hydrogens (tertiary/aromatic N) is 1. The number of hydrogen-bond acceptors (Lipinski definition) is 4. The maximum Gasteiger partial charge on any atom is 0.238 e. The minimum Gasteiger partial charge on any atom is -0.491 e. The molecule has 0 aromatic heterocycles. The Balaban J connectivity index is 1.81. The number of hydrogen-bond donors (Lipinski definition) is 1. The molecule has 1 heterocycles. The molecule has 22 heavy (non-hydrogen) atoms. The van der Waals surface area contributed by atoms with Crippen molar-refractivity contribution >= 4 is 11.6 Å². The Labute approximate surface area is 132 Å². The number of anilines is 1. The second-order valence-corrected chi connectivity index (χ2v) is 5.61. The van der Waals surface area contributed by atoms with Crippen LogP contribution in [-0.4, -0.2) is 50.8 Å². The standard InChI is InChI=1S/C17H26N2O3/c1-21-11-12-22-16-8-6-7-15(13-16)18-17(20)14-19-9-4-2-3-5-10-19/h6-8,13H,2-5,9-12,14H2,1H3,(H,18,20). The molecule has 1 aliphatic rings. The van der Waals surface area contributed by atoms with Crippen molar-refractivity contribution in [1.82, 2.24) is 4.90 Å². The van der Waals surface area contributed by atoms with Gasteiger partial charge in [0.2, 0.25) is 5.91 Å². The summed E-state index contributed by atoms with van der Waals surface area (Å²) in [5.41, 5.74) is 0.773. The maximum absolute atomic E-state index is 12.2. The van der Waals surface area contributed by atoms with Crippen LogP contribution in [0.5, 0.6) is 5.75 Å². The monoisotopic (exact) mass is 306 g/mol. The zero-order valence-corrected chi connectivity index (χ0v) is 13.3. The van der Waals surface area contributed by atoms with Crippen LogP contribution in [0.3, 0.4) is 0 Å². The van der Waals surface area contributed by atoms with Crippen LogP contribution in [0, 0.1) is 0 Å². The third-order valence-corrected chi connectivity index (χ3v) is 3.74. The second kappa shape index (κ2) is 9.43. The number of likely N-dealkylation sites (tertiary alicyclic amines) is 1. The first-order valence-corrected chi connectivity index (χ1v) is 8.02. The van der Waals surface area contributed by atoms with Gasteiger partial charge in [-0.3, -0.25) is 9.69 Å². The molecule has 0 aliphatic carbocycles. The van der Waals surface area contributed by atoms with E-state index in [1.807, 2.05) is 24.3 Å². The molecule has 1 aromatic carbocycles. The Hall–Kier alpha value is -1.59. The smallest absolute Gasteiger partial charge is 0.238 e. The van der Waals surface area contributed by atoms with Crippen LogP contribution < -0.4 is 10.1 Å². The molecule has 0 radical (unpaired) electrons. The van der Waals surface area contributed by atoms with E-state index in [-0.39, 0.29) is 5.91 Å². The molecule has 0 atom stereocenters. The molecule has 2 rings (SSSR count). The first-order valence-electron chi connectivity index (χ1n) is 8.02. The van der Waals surface area contributed by atoms with Gasteiger partial charge >= 0.3 is 0 Å². The van der Waals surface area contributed by atoms with Crippen molar-refractivity contribution in [2.45, 2.75) is 25.7 Å². The van der Waals surface area contributed by atoms with Crippen molar-refractivity contribution in [2.75, 3.05) is 45.3 Å².